The number of rotatable bonds is 7. The number of alkyl halides is 2. The maximum absolute atomic E-state index is 13.9. The summed E-state index contributed by atoms with van der Waals surface area (Å²) < 4.78 is 41.2. The molecule has 0 spiro atoms. The lowest BCUT2D eigenvalue weighted by Gasteiger charge is -2.26. The van der Waals surface area contributed by atoms with Gasteiger partial charge in [-0.3, -0.25) is 4.79 Å². The van der Waals surface area contributed by atoms with Gasteiger partial charge in [-0.2, -0.15) is 0 Å². The van der Waals surface area contributed by atoms with Gasteiger partial charge >= 0.3 is 0 Å². The van der Waals surface area contributed by atoms with Gasteiger partial charge in [0.15, 0.2) is 0 Å². The summed E-state index contributed by atoms with van der Waals surface area (Å²) in [6.07, 6.45) is 5.73. The SMILES string of the molecule is CC(F)(F)c1cccc(CC(NC(=O)c2cccc3c2C=CCCC3)C(O)c2ccc(F)cc2)c1. The van der Waals surface area contributed by atoms with Crippen LogP contribution in [0, 0.1) is 5.82 Å². The smallest absolute Gasteiger partial charge is 0.270 e. The van der Waals surface area contributed by atoms with Crippen molar-refractivity contribution in [3.8, 4) is 0 Å². The number of carbonyl (C=O) groups excluding carboxylic acids is 1. The van der Waals surface area contributed by atoms with E-state index < -0.39 is 23.9 Å². The molecule has 2 atom stereocenters. The Labute approximate surface area is 203 Å². The average molecular weight is 480 g/mol. The van der Waals surface area contributed by atoms with Crippen LogP contribution in [0.25, 0.3) is 6.08 Å². The van der Waals surface area contributed by atoms with E-state index in [1.807, 2.05) is 24.3 Å². The standard InChI is InChI=1S/C29H28F3NO2/c1-29(31,32)22-10-5-7-19(17-22)18-26(27(34)21-13-15-23(30)16-14-21)33-28(35)25-12-6-9-20-8-3-2-4-11-24(20)25/h4-7,9-17,26-27,34H,2-3,8,18H2,1H3,(H,33,35). The zero-order valence-electron chi connectivity index (χ0n) is 19.5. The van der Waals surface area contributed by atoms with E-state index in [9.17, 15) is 23.1 Å². The lowest BCUT2D eigenvalue weighted by atomic mass is 9.93. The minimum absolute atomic E-state index is 0.110. The minimum atomic E-state index is -3.02. The number of aryl methyl sites for hydroxylation is 1. The lowest BCUT2D eigenvalue weighted by Crippen LogP contribution is -2.41. The molecule has 1 aliphatic carbocycles. The first kappa shape index (κ1) is 24.7. The Kier molecular flexibility index (Phi) is 7.41. The number of aliphatic hydroxyl groups excluding tert-OH is 1. The van der Waals surface area contributed by atoms with Gasteiger partial charge in [0.25, 0.3) is 11.8 Å². The van der Waals surface area contributed by atoms with Crippen molar-refractivity contribution in [2.75, 3.05) is 0 Å². The van der Waals surface area contributed by atoms with Crippen molar-refractivity contribution in [3.63, 3.8) is 0 Å². The first-order chi connectivity index (χ1) is 16.7. The molecule has 3 aromatic rings. The average Bonchev–Trinajstić information content (AvgIpc) is 3.09. The van der Waals surface area contributed by atoms with Gasteiger partial charge in [0.2, 0.25) is 0 Å². The van der Waals surface area contributed by atoms with Crippen molar-refractivity contribution >= 4 is 12.0 Å². The Morgan fingerprint density at radius 1 is 1.09 bits per heavy atom. The third-order valence-corrected chi connectivity index (χ3v) is 6.34. The monoisotopic (exact) mass is 479 g/mol. The predicted molar refractivity (Wildman–Crippen MR) is 131 cm³/mol. The Hall–Kier alpha value is -3.38. The summed E-state index contributed by atoms with van der Waals surface area (Å²) >= 11 is 0. The summed E-state index contributed by atoms with van der Waals surface area (Å²) in [6, 6.07) is 16.1. The molecule has 1 aliphatic rings. The molecule has 2 unspecified atom stereocenters. The Bertz CT molecular complexity index is 1220. The number of hydrogen-bond acceptors (Lipinski definition) is 2. The Morgan fingerprint density at radius 2 is 1.83 bits per heavy atom. The van der Waals surface area contributed by atoms with Crippen molar-refractivity contribution in [2.45, 2.75) is 50.7 Å². The molecule has 4 rings (SSSR count). The third kappa shape index (κ3) is 6.01. The summed E-state index contributed by atoms with van der Waals surface area (Å²) in [5.74, 6) is -3.83. The normalized spacial score (nSPS) is 15.1. The molecule has 0 saturated carbocycles. The molecule has 1 amide bonds. The maximum atomic E-state index is 13.9. The van der Waals surface area contributed by atoms with Crippen molar-refractivity contribution < 1.29 is 23.1 Å². The van der Waals surface area contributed by atoms with Gasteiger partial charge in [0.05, 0.1) is 12.1 Å². The van der Waals surface area contributed by atoms with Crippen LogP contribution in [0.4, 0.5) is 13.2 Å². The second-order valence-corrected chi connectivity index (χ2v) is 9.04. The quantitative estimate of drug-likeness (QED) is 0.414. The molecule has 6 heteroatoms. The minimum Gasteiger partial charge on any atom is -0.386 e. The van der Waals surface area contributed by atoms with E-state index in [-0.39, 0.29) is 17.9 Å². The molecular formula is C29H28F3NO2. The van der Waals surface area contributed by atoms with E-state index in [0.717, 1.165) is 37.3 Å². The van der Waals surface area contributed by atoms with Crippen LogP contribution in [-0.2, 0) is 18.8 Å². The molecule has 0 radical (unpaired) electrons. The van der Waals surface area contributed by atoms with Crippen LogP contribution in [0.15, 0.2) is 72.8 Å². The van der Waals surface area contributed by atoms with Gasteiger partial charge in [-0.05, 0) is 72.2 Å². The van der Waals surface area contributed by atoms with Crippen LogP contribution >= 0.6 is 0 Å². The van der Waals surface area contributed by atoms with E-state index in [4.69, 9.17) is 0 Å². The van der Waals surface area contributed by atoms with Crippen molar-refractivity contribution in [1.82, 2.24) is 5.32 Å². The topological polar surface area (TPSA) is 49.3 Å². The van der Waals surface area contributed by atoms with Crippen LogP contribution in [0.1, 0.15) is 64.0 Å². The van der Waals surface area contributed by atoms with Gasteiger partial charge in [0, 0.05) is 18.1 Å². The zero-order chi connectivity index (χ0) is 25.0. The fourth-order valence-electron chi connectivity index (χ4n) is 4.44. The number of allylic oxidation sites excluding steroid dienone is 1. The summed E-state index contributed by atoms with van der Waals surface area (Å²) in [5, 5.41) is 14.1. The number of hydrogen-bond donors (Lipinski definition) is 2. The molecule has 35 heavy (non-hydrogen) atoms. The molecule has 3 nitrogen and oxygen atoms in total. The fourth-order valence-corrected chi connectivity index (χ4v) is 4.44. The molecule has 0 bridgehead atoms. The summed E-state index contributed by atoms with van der Waals surface area (Å²) in [7, 11) is 0. The highest BCUT2D eigenvalue weighted by molar-refractivity contribution is 5.98. The number of amides is 1. The number of benzene rings is 3. The van der Waals surface area contributed by atoms with Crippen molar-refractivity contribution in [2.24, 2.45) is 0 Å². The predicted octanol–water partition coefficient (Wildman–Crippen LogP) is 6.36. The molecule has 182 valence electrons. The van der Waals surface area contributed by atoms with E-state index in [2.05, 4.69) is 5.32 Å². The lowest BCUT2D eigenvalue weighted by molar-refractivity contribution is 0.0173. The van der Waals surface area contributed by atoms with E-state index in [0.29, 0.717) is 16.7 Å². The molecule has 0 aliphatic heterocycles. The first-order valence-corrected chi connectivity index (χ1v) is 11.7. The van der Waals surface area contributed by atoms with Gasteiger partial charge < -0.3 is 10.4 Å². The maximum Gasteiger partial charge on any atom is 0.270 e. The first-order valence-electron chi connectivity index (χ1n) is 11.7. The highest BCUT2D eigenvalue weighted by atomic mass is 19.3. The largest absolute Gasteiger partial charge is 0.386 e. The van der Waals surface area contributed by atoms with Gasteiger partial charge in [0.1, 0.15) is 5.82 Å². The number of fused-ring (bicyclic) bond motifs is 1. The van der Waals surface area contributed by atoms with Gasteiger partial charge in [-0.25, -0.2) is 13.2 Å². The fraction of sp³-hybridized carbons (Fsp3) is 0.276. The summed E-state index contributed by atoms with van der Waals surface area (Å²) in [6.45, 7) is 0.827. The van der Waals surface area contributed by atoms with Gasteiger partial charge in [-0.15, -0.1) is 0 Å². The van der Waals surface area contributed by atoms with E-state index in [1.54, 1.807) is 12.1 Å². The highest BCUT2D eigenvalue weighted by Gasteiger charge is 2.28. The van der Waals surface area contributed by atoms with Crippen LogP contribution in [-0.4, -0.2) is 17.1 Å². The van der Waals surface area contributed by atoms with Crippen LogP contribution in [0.2, 0.25) is 0 Å². The van der Waals surface area contributed by atoms with E-state index >= 15 is 0 Å². The van der Waals surface area contributed by atoms with Crippen LogP contribution in [0.3, 0.4) is 0 Å². The van der Waals surface area contributed by atoms with Crippen LogP contribution in [0.5, 0.6) is 0 Å². The number of nitrogens with one attached hydrogen (secondary N) is 1. The molecular weight excluding hydrogens is 451 g/mol. The van der Waals surface area contributed by atoms with Gasteiger partial charge in [-0.1, -0.05) is 54.6 Å². The third-order valence-electron chi connectivity index (χ3n) is 6.34. The number of aliphatic hydroxyl groups is 1. The molecule has 0 aromatic heterocycles. The number of halogens is 3. The Balaban J connectivity index is 1.66. The summed E-state index contributed by atoms with van der Waals surface area (Å²) in [5.41, 5.74) is 3.24. The highest BCUT2D eigenvalue weighted by Crippen LogP contribution is 2.29. The molecule has 0 fully saturated rings. The van der Waals surface area contributed by atoms with Crippen molar-refractivity contribution in [3.05, 3.63) is 112 Å². The second kappa shape index (κ2) is 10.5. The number of carbonyl (C=O) groups is 1. The molecule has 2 N–H and O–H groups in total. The second-order valence-electron chi connectivity index (χ2n) is 9.04. The molecule has 3 aromatic carbocycles. The van der Waals surface area contributed by atoms with Crippen molar-refractivity contribution in [1.29, 1.82) is 0 Å². The molecule has 0 heterocycles. The van der Waals surface area contributed by atoms with Crippen LogP contribution < -0.4 is 5.32 Å². The zero-order valence-corrected chi connectivity index (χ0v) is 19.5. The summed E-state index contributed by atoms with van der Waals surface area (Å²) in [4.78, 5) is 13.4. The van der Waals surface area contributed by atoms with E-state index in [1.165, 1.54) is 42.5 Å². The Morgan fingerprint density at radius 3 is 2.57 bits per heavy atom. The molecule has 0 saturated heterocycles.